The third-order valence-electron chi connectivity index (χ3n) is 8.66. The predicted octanol–water partition coefficient (Wildman–Crippen LogP) is 1.82. The van der Waals surface area contributed by atoms with E-state index in [0.29, 0.717) is 31.9 Å². The Kier molecular flexibility index (Phi) is 12.5. The van der Waals surface area contributed by atoms with Gasteiger partial charge in [0.2, 0.25) is 23.6 Å². The van der Waals surface area contributed by atoms with Crippen molar-refractivity contribution < 1.29 is 33.8 Å². The smallest absolute Gasteiger partial charge is 0.303 e. The number of benzene rings is 2. The number of nitrogens with zero attached hydrogens (tertiary/aromatic N) is 1. The first-order chi connectivity index (χ1) is 22.1. The summed E-state index contributed by atoms with van der Waals surface area (Å²) in [5.74, 6) is -2.34. The Balaban J connectivity index is 1.60. The van der Waals surface area contributed by atoms with Gasteiger partial charge in [0.05, 0.1) is 19.1 Å². The molecule has 2 aliphatic heterocycles. The highest BCUT2D eigenvalue weighted by atomic mass is 16.5. The van der Waals surface area contributed by atoms with Crippen LogP contribution in [0.1, 0.15) is 61.6 Å². The number of hydrogen-bond acceptors (Lipinski definition) is 7. The summed E-state index contributed by atoms with van der Waals surface area (Å²) in [7, 11) is 0. The van der Waals surface area contributed by atoms with Gasteiger partial charge >= 0.3 is 5.97 Å². The van der Waals surface area contributed by atoms with Crippen LogP contribution in [0.25, 0.3) is 0 Å². The zero-order valence-corrected chi connectivity index (χ0v) is 26.3. The van der Waals surface area contributed by atoms with E-state index in [1.54, 1.807) is 4.90 Å². The van der Waals surface area contributed by atoms with Crippen LogP contribution >= 0.6 is 0 Å². The number of rotatable bonds is 8. The second-order valence-electron chi connectivity index (χ2n) is 12.2. The third-order valence-corrected chi connectivity index (χ3v) is 8.66. The molecule has 6 N–H and O–H groups in total. The number of nitrogens with two attached hydrogens (primary N) is 1. The van der Waals surface area contributed by atoms with Gasteiger partial charge in [0.15, 0.2) is 0 Å². The lowest BCUT2D eigenvalue weighted by Gasteiger charge is -2.34. The minimum atomic E-state index is -1.32. The molecule has 4 amide bonds. The molecule has 248 valence electrons. The van der Waals surface area contributed by atoms with E-state index >= 15 is 0 Å². The number of hydrogen-bond donors (Lipinski definition) is 5. The van der Waals surface area contributed by atoms with Gasteiger partial charge in [-0.15, -0.1) is 0 Å². The standard InChI is InChI=1S/C34H45N5O7/c1-22-9-11-26-18-25(22)20-36-33(44)28(13-10-23-6-3-2-4-7-23)37-34(45)29(38-32(43)27(35)12-14-31(41)42)19-30(40)39-16-5-8-24(21-39)15-17-46-26/h2-4,6-7,9,11,18,24,27-29H,5,8,10,12-17,19-21,35H2,1H3,(H,36,44)(H,37,45)(H,38,43)(H,41,42)/t24?,27-,28-,29-/m0/s1. The van der Waals surface area contributed by atoms with E-state index in [4.69, 9.17) is 15.6 Å². The molecule has 4 bridgehead atoms. The molecule has 1 fully saturated rings. The van der Waals surface area contributed by atoms with E-state index in [1.165, 1.54) is 0 Å². The van der Waals surface area contributed by atoms with Crippen molar-refractivity contribution in [3.05, 3.63) is 65.2 Å². The number of aryl methyl sites for hydroxylation is 2. The summed E-state index contributed by atoms with van der Waals surface area (Å²) < 4.78 is 6.06. The average molecular weight is 636 g/mol. The molecule has 0 aromatic heterocycles. The van der Waals surface area contributed by atoms with Crippen LogP contribution in [0.5, 0.6) is 5.75 Å². The summed E-state index contributed by atoms with van der Waals surface area (Å²) in [4.78, 5) is 66.6. The van der Waals surface area contributed by atoms with Gasteiger partial charge in [-0.3, -0.25) is 24.0 Å². The van der Waals surface area contributed by atoms with Crippen LogP contribution in [0.4, 0.5) is 0 Å². The number of carbonyl (C=O) groups is 5. The zero-order chi connectivity index (χ0) is 33.1. The van der Waals surface area contributed by atoms with Crippen LogP contribution in [0, 0.1) is 12.8 Å². The molecule has 2 aromatic rings. The van der Waals surface area contributed by atoms with Gasteiger partial charge in [0.25, 0.3) is 0 Å². The van der Waals surface area contributed by atoms with Gasteiger partial charge in [-0.1, -0.05) is 36.4 Å². The van der Waals surface area contributed by atoms with Crippen LogP contribution < -0.4 is 26.4 Å². The molecule has 46 heavy (non-hydrogen) atoms. The Hall–Kier alpha value is -4.45. The van der Waals surface area contributed by atoms with E-state index in [1.807, 2.05) is 55.5 Å². The highest BCUT2D eigenvalue weighted by Gasteiger charge is 2.33. The number of nitrogens with one attached hydrogen (secondary N) is 3. The van der Waals surface area contributed by atoms with Gasteiger partial charge < -0.3 is 36.4 Å². The number of piperidine rings is 1. The molecule has 1 saturated heterocycles. The van der Waals surface area contributed by atoms with Gasteiger partial charge in [-0.25, -0.2) is 0 Å². The van der Waals surface area contributed by atoms with Crippen molar-refractivity contribution in [2.45, 2.75) is 83.0 Å². The number of aliphatic carboxylic acids is 1. The number of carboxylic acid groups (broad SMARTS) is 1. The topological polar surface area (TPSA) is 180 Å². The quantitative estimate of drug-likeness (QED) is 0.291. The van der Waals surface area contributed by atoms with Crippen molar-refractivity contribution in [1.29, 1.82) is 0 Å². The predicted molar refractivity (Wildman–Crippen MR) is 171 cm³/mol. The fourth-order valence-corrected chi connectivity index (χ4v) is 5.80. The molecule has 0 aliphatic carbocycles. The summed E-state index contributed by atoms with van der Waals surface area (Å²) in [5.41, 5.74) is 8.78. The molecule has 12 heteroatoms. The number of carboxylic acids is 1. The Labute approximate surface area is 269 Å². The first kappa shape index (κ1) is 34.4. The maximum Gasteiger partial charge on any atom is 0.303 e. The highest BCUT2D eigenvalue weighted by Crippen LogP contribution is 2.23. The number of carbonyl (C=O) groups excluding carboxylic acids is 4. The number of amides is 4. The normalized spacial score (nSPS) is 21.9. The molecular formula is C34H45N5O7. The molecule has 4 rings (SSSR count). The van der Waals surface area contributed by atoms with Crippen LogP contribution in [0.3, 0.4) is 0 Å². The second kappa shape index (κ2) is 16.7. The Morgan fingerprint density at radius 3 is 2.65 bits per heavy atom. The fourth-order valence-electron chi connectivity index (χ4n) is 5.80. The van der Waals surface area contributed by atoms with Crippen molar-refractivity contribution in [3.8, 4) is 5.75 Å². The maximum absolute atomic E-state index is 13.8. The largest absolute Gasteiger partial charge is 0.494 e. The lowest BCUT2D eigenvalue weighted by molar-refractivity contribution is -0.138. The van der Waals surface area contributed by atoms with E-state index in [9.17, 15) is 24.0 Å². The summed E-state index contributed by atoms with van der Waals surface area (Å²) in [6.07, 6.45) is 2.46. The lowest BCUT2D eigenvalue weighted by Crippen LogP contribution is -2.57. The molecule has 0 radical (unpaired) electrons. The van der Waals surface area contributed by atoms with Crippen LogP contribution in [-0.2, 0) is 36.9 Å². The Morgan fingerprint density at radius 1 is 1.11 bits per heavy atom. The zero-order valence-electron chi connectivity index (χ0n) is 26.3. The highest BCUT2D eigenvalue weighted by molar-refractivity contribution is 5.95. The molecule has 2 aliphatic rings. The third kappa shape index (κ3) is 10.3. The number of ether oxygens (including phenoxy) is 1. The first-order valence-corrected chi connectivity index (χ1v) is 16.0. The summed E-state index contributed by atoms with van der Waals surface area (Å²) in [6.45, 7) is 3.67. The van der Waals surface area contributed by atoms with E-state index in [-0.39, 0.29) is 44.1 Å². The van der Waals surface area contributed by atoms with Crippen molar-refractivity contribution >= 4 is 29.6 Å². The van der Waals surface area contributed by atoms with Gasteiger partial charge in [0.1, 0.15) is 17.8 Å². The minimum absolute atomic E-state index is 0.137. The van der Waals surface area contributed by atoms with Gasteiger partial charge in [-0.2, -0.15) is 0 Å². The molecule has 1 unspecified atom stereocenters. The lowest BCUT2D eigenvalue weighted by atomic mass is 9.94. The van der Waals surface area contributed by atoms with Crippen LogP contribution in [0.15, 0.2) is 48.5 Å². The van der Waals surface area contributed by atoms with Crippen molar-refractivity contribution in [2.75, 3.05) is 19.7 Å². The SMILES string of the molecule is Cc1ccc2cc1CNC(=O)[C@H](CCc1ccccc1)NC(=O)[C@@H](NC(=O)[C@@H](N)CCC(=O)O)CC(=O)N1CCCC(CCO2)C1. The van der Waals surface area contributed by atoms with Crippen molar-refractivity contribution in [3.63, 3.8) is 0 Å². The Bertz CT molecular complexity index is 1390. The van der Waals surface area contributed by atoms with E-state index in [0.717, 1.165) is 36.0 Å². The second-order valence-corrected chi connectivity index (χ2v) is 12.2. The fraction of sp³-hybridized carbons (Fsp3) is 0.500. The molecule has 4 atom stereocenters. The van der Waals surface area contributed by atoms with Gasteiger partial charge in [0, 0.05) is 26.1 Å². The summed E-state index contributed by atoms with van der Waals surface area (Å²) in [6, 6.07) is 11.8. The van der Waals surface area contributed by atoms with Crippen LogP contribution in [-0.4, -0.2) is 77.4 Å². The van der Waals surface area contributed by atoms with E-state index in [2.05, 4.69) is 16.0 Å². The van der Waals surface area contributed by atoms with Crippen molar-refractivity contribution in [1.82, 2.24) is 20.9 Å². The molecule has 12 nitrogen and oxygen atoms in total. The maximum atomic E-state index is 13.8. The number of fused-ring (bicyclic) bond motifs is 4. The van der Waals surface area contributed by atoms with Crippen molar-refractivity contribution in [2.24, 2.45) is 11.7 Å². The first-order valence-electron chi connectivity index (χ1n) is 16.0. The van der Waals surface area contributed by atoms with E-state index < -0.39 is 41.8 Å². The molecular weight excluding hydrogens is 590 g/mol. The molecule has 2 aromatic carbocycles. The summed E-state index contributed by atoms with van der Waals surface area (Å²) in [5, 5.41) is 17.3. The summed E-state index contributed by atoms with van der Waals surface area (Å²) >= 11 is 0. The van der Waals surface area contributed by atoms with Gasteiger partial charge in [-0.05, 0) is 80.2 Å². The average Bonchev–Trinajstić information content (AvgIpc) is 3.05. The molecule has 0 saturated carbocycles. The minimum Gasteiger partial charge on any atom is -0.494 e. The molecule has 2 heterocycles. The van der Waals surface area contributed by atoms with Crippen LogP contribution in [0.2, 0.25) is 0 Å². The molecule has 0 spiro atoms. The monoisotopic (exact) mass is 635 g/mol. The Morgan fingerprint density at radius 2 is 1.89 bits per heavy atom.